The summed E-state index contributed by atoms with van der Waals surface area (Å²) in [5.74, 6) is -0.252. The SMILES string of the molecule is CCN(C(=O)C1CC(=O)N(c2ccccc2C)C1)c1cccc(C)c1. The molecule has 0 N–H and O–H groups in total. The summed E-state index contributed by atoms with van der Waals surface area (Å²) in [7, 11) is 0. The van der Waals surface area contributed by atoms with Gasteiger partial charge in [-0.2, -0.15) is 0 Å². The highest BCUT2D eigenvalue weighted by atomic mass is 16.2. The van der Waals surface area contributed by atoms with Crippen LogP contribution in [0.5, 0.6) is 0 Å². The van der Waals surface area contributed by atoms with Gasteiger partial charge in [-0.25, -0.2) is 0 Å². The van der Waals surface area contributed by atoms with Crippen LogP contribution in [0.1, 0.15) is 24.5 Å². The molecule has 1 aliphatic rings. The average Bonchev–Trinajstić information content (AvgIpc) is 2.98. The predicted octanol–water partition coefficient (Wildman–Crippen LogP) is 3.71. The fraction of sp³-hybridized carbons (Fsp3) is 0.333. The van der Waals surface area contributed by atoms with Crippen LogP contribution >= 0.6 is 0 Å². The van der Waals surface area contributed by atoms with Gasteiger partial charge >= 0.3 is 0 Å². The number of carbonyl (C=O) groups excluding carboxylic acids is 2. The number of amides is 2. The summed E-state index contributed by atoms with van der Waals surface area (Å²) < 4.78 is 0. The van der Waals surface area contributed by atoms with Crippen molar-refractivity contribution in [3.63, 3.8) is 0 Å². The first kappa shape index (κ1) is 17.2. The van der Waals surface area contributed by atoms with E-state index in [1.165, 1.54) is 0 Å². The molecule has 1 atom stereocenters. The Labute approximate surface area is 149 Å². The maximum Gasteiger partial charge on any atom is 0.232 e. The molecule has 0 aliphatic carbocycles. The Kier molecular flexibility index (Phi) is 4.88. The molecular formula is C21H24N2O2. The summed E-state index contributed by atoms with van der Waals surface area (Å²) in [5, 5.41) is 0. The number of benzene rings is 2. The van der Waals surface area contributed by atoms with Gasteiger partial charge < -0.3 is 9.80 Å². The van der Waals surface area contributed by atoms with E-state index in [0.717, 1.165) is 22.5 Å². The number of hydrogen-bond acceptors (Lipinski definition) is 2. The fourth-order valence-corrected chi connectivity index (χ4v) is 3.45. The Balaban J connectivity index is 1.81. The molecule has 0 spiro atoms. The Hall–Kier alpha value is -2.62. The molecule has 0 radical (unpaired) electrons. The average molecular weight is 336 g/mol. The van der Waals surface area contributed by atoms with E-state index in [1.54, 1.807) is 9.80 Å². The third kappa shape index (κ3) is 3.43. The second kappa shape index (κ2) is 7.09. The van der Waals surface area contributed by atoms with Crippen LogP contribution in [0.2, 0.25) is 0 Å². The lowest BCUT2D eigenvalue weighted by atomic mass is 10.1. The smallest absolute Gasteiger partial charge is 0.232 e. The quantitative estimate of drug-likeness (QED) is 0.854. The molecule has 25 heavy (non-hydrogen) atoms. The molecule has 4 heteroatoms. The van der Waals surface area contributed by atoms with Gasteiger partial charge in [-0.1, -0.05) is 30.3 Å². The van der Waals surface area contributed by atoms with Gasteiger partial charge in [-0.3, -0.25) is 9.59 Å². The van der Waals surface area contributed by atoms with Gasteiger partial charge in [0.1, 0.15) is 0 Å². The standard InChI is InChI=1S/C21H24N2O2/c1-4-22(18-10-7-8-15(2)12-18)21(25)17-13-20(24)23(14-17)19-11-6-5-9-16(19)3/h5-12,17H,4,13-14H2,1-3H3. The van der Waals surface area contributed by atoms with E-state index in [1.807, 2.05) is 69.3 Å². The summed E-state index contributed by atoms with van der Waals surface area (Å²) in [6, 6.07) is 15.7. The molecule has 3 rings (SSSR count). The van der Waals surface area contributed by atoms with Crippen LogP contribution < -0.4 is 9.80 Å². The van der Waals surface area contributed by atoms with Gasteiger partial charge in [0.05, 0.1) is 5.92 Å². The molecule has 0 bridgehead atoms. The molecule has 2 aromatic rings. The van der Waals surface area contributed by atoms with Crippen molar-refractivity contribution in [2.75, 3.05) is 22.9 Å². The van der Waals surface area contributed by atoms with Crippen molar-refractivity contribution in [3.8, 4) is 0 Å². The summed E-state index contributed by atoms with van der Waals surface area (Å²) in [6.45, 7) is 7.02. The Morgan fingerprint density at radius 1 is 1.16 bits per heavy atom. The van der Waals surface area contributed by atoms with E-state index in [4.69, 9.17) is 0 Å². The van der Waals surface area contributed by atoms with Crippen molar-refractivity contribution in [3.05, 3.63) is 59.7 Å². The maximum absolute atomic E-state index is 13.0. The molecule has 0 saturated carbocycles. The number of carbonyl (C=O) groups is 2. The van der Waals surface area contributed by atoms with Gasteiger partial charge in [-0.15, -0.1) is 0 Å². The highest BCUT2D eigenvalue weighted by molar-refractivity contribution is 6.04. The molecule has 130 valence electrons. The van der Waals surface area contributed by atoms with Crippen molar-refractivity contribution in [1.29, 1.82) is 0 Å². The number of hydrogen-bond donors (Lipinski definition) is 0. The third-order valence-electron chi connectivity index (χ3n) is 4.78. The van der Waals surface area contributed by atoms with Gasteiger partial charge in [0.15, 0.2) is 0 Å². The maximum atomic E-state index is 13.0. The Morgan fingerprint density at radius 3 is 2.60 bits per heavy atom. The first-order chi connectivity index (χ1) is 12.0. The Bertz CT molecular complexity index is 800. The summed E-state index contributed by atoms with van der Waals surface area (Å²) in [5.41, 5.74) is 3.97. The normalized spacial score (nSPS) is 17.0. The molecular weight excluding hydrogens is 312 g/mol. The molecule has 2 aromatic carbocycles. The minimum Gasteiger partial charge on any atom is -0.312 e. The van der Waals surface area contributed by atoms with Gasteiger partial charge in [0, 0.05) is 30.9 Å². The first-order valence-corrected chi connectivity index (χ1v) is 8.75. The number of nitrogens with zero attached hydrogens (tertiary/aromatic N) is 2. The van der Waals surface area contributed by atoms with Crippen LogP contribution in [0.3, 0.4) is 0 Å². The molecule has 1 aliphatic heterocycles. The molecule has 2 amide bonds. The van der Waals surface area contributed by atoms with E-state index in [0.29, 0.717) is 13.1 Å². The molecule has 1 fully saturated rings. The van der Waals surface area contributed by atoms with E-state index in [2.05, 4.69) is 0 Å². The van der Waals surface area contributed by atoms with Crippen LogP contribution in [-0.2, 0) is 9.59 Å². The number of para-hydroxylation sites is 1. The van der Waals surface area contributed by atoms with Crippen LogP contribution in [0.15, 0.2) is 48.5 Å². The van der Waals surface area contributed by atoms with E-state index in [-0.39, 0.29) is 24.2 Å². The largest absolute Gasteiger partial charge is 0.312 e. The van der Waals surface area contributed by atoms with Crippen molar-refractivity contribution in [1.82, 2.24) is 0 Å². The molecule has 1 unspecified atom stereocenters. The second-order valence-electron chi connectivity index (χ2n) is 6.61. The van der Waals surface area contributed by atoms with Crippen molar-refractivity contribution in [2.24, 2.45) is 5.92 Å². The van der Waals surface area contributed by atoms with Crippen molar-refractivity contribution < 1.29 is 9.59 Å². The highest BCUT2D eigenvalue weighted by Gasteiger charge is 2.37. The topological polar surface area (TPSA) is 40.6 Å². The zero-order chi connectivity index (χ0) is 18.0. The zero-order valence-electron chi connectivity index (χ0n) is 15.0. The summed E-state index contributed by atoms with van der Waals surface area (Å²) >= 11 is 0. The van der Waals surface area contributed by atoms with Crippen LogP contribution in [0.4, 0.5) is 11.4 Å². The van der Waals surface area contributed by atoms with E-state index >= 15 is 0 Å². The third-order valence-corrected chi connectivity index (χ3v) is 4.78. The lowest BCUT2D eigenvalue weighted by Crippen LogP contribution is -2.37. The number of anilines is 2. The lowest BCUT2D eigenvalue weighted by Gasteiger charge is -2.25. The minimum absolute atomic E-state index is 0.0212. The monoisotopic (exact) mass is 336 g/mol. The minimum atomic E-state index is -0.299. The summed E-state index contributed by atoms with van der Waals surface area (Å²) in [4.78, 5) is 29.1. The summed E-state index contributed by atoms with van der Waals surface area (Å²) in [6.07, 6.45) is 0.273. The van der Waals surface area contributed by atoms with Crippen molar-refractivity contribution in [2.45, 2.75) is 27.2 Å². The number of rotatable bonds is 4. The zero-order valence-corrected chi connectivity index (χ0v) is 15.0. The molecule has 1 saturated heterocycles. The second-order valence-corrected chi connectivity index (χ2v) is 6.61. The van der Waals surface area contributed by atoms with E-state index in [9.17, 15) is 9.59 Å². The van der Waals surface area contributed by atoms with Crippen molar-refractivity contribution >= 4 is 23.2 Å². The Morgan fingerprint density at radius 2 is 1.92 bits per heavy atom. The molecule has 4 nitrogen and oxygen atoms in total. The number of aryl methyl sites for hydroxylation is 2. The van der Waals surface area contributed by atoms with E-state index < -0.39 is 0 Å². The molecule has 1 heterocycles. The molecule has 0 aromatic heterocycles. The highest BCUT2D eigenvalue weighted by Crippen LogP contribution is 2.29. The van der Waals surface area contributed by atoms with Crippen LogP contribution in [0, 0.1) is 19.8 Å². The van der Waals surface area contributed by atoms with Gasteiger partial charge in [0.25, 0.3) is 0 Å². The first-order valence-electron chi connectivity index (χ1n) is 8.75. The predicted molar refractivity (Wildman–Crippen MR) is 101 cm³/mol. The van der Waals surface area contributed by atoms with Crippen LogP contribution in [-0.4, -0.2) is 24.9 Å². The fourth-order valence-electron chi connectivity index (χ4n) is 3.45. The van der Waals surface area contributed by atoms with Gasteiger partial charge in [-0.05, 0) is 50.1 Å². The van der Waals surface area contributed by atoms with Gasteiger partial charge in [0.2, 0.25) is 11.8 Å². The van der Waals surface area contributed by atoms with Crippen LogP contribution in [0.25, 0.3) is 0 Å². The lowest BCUT2D eigenvalue weighted by molar-refractivity contribution is -0.124.